The Hall–Kier alpha value is -3.28. The molecule has 6 nitrogen and oxygen atoms in total. The van der Waals surface area contributed by atoms with E-state index >= 15 is 0 Å². The smallest absolute Gasteiger partial charge is 0.252 e. The Balaban J connectivity index is 1.57. The van der Waals surface area contributed by atoms with E-state index in [2.05, 4.69) is 15.1 Å². The minimum Gasteiger partial charge on any atom is -0.469 e. The zero-order valence-corrected chi connectivity index (χ0v) is 14.2. The molecule has 0 bridgehead atoms. The Morgan fingerprint density at radius 3 is 2.73 bits per heavy atom. The van der Waals surface area contributed by atoms with E-state index in [-0.39, 0.29) is 11.7 Å². The van der Waals surface area contributed by atoms with Gasteiger partial charge in [-0.15, -0.1) is 5.10 Å². The highest BCUT2D eigenvalue weighted by atomic mass is 16.3. The lowest BCUT2D eigenvalue weighted by molar-refractivity contribution is 0.0958. The zero-order chi connectivity index (χ0) is 17.7. The molecular formula is C20H16N4O2. The quantitative estimate of drug-likeness (QED) is 0.555. The summed E-state index contributed by atoms with van der Waals surface area (Å²) in [5.41, 5.74) is 3.50. The number of aryl methyl sites for hydroxylation is 1. The number of benzene rings is 1. The van der Waals surface area contributed by atoms with Crippen molar-refractivity contribution in [2.75, 3.05) is 0 Å². The van der Waals surface area contributed by atoms with Gasteiger partial charge in [-0.05, 0) is 19.1 Å². The zero-order valence-electron chi connectivity index (χ0n) is 14.2. The minimum atomic E-state index is 0.0273. The molecule has 128 valence electrons. The fourth-order valence-electron chi connectivity index (χ4n) is 3.43. The topological polar surface area (TPSA) is 73.3 Å². The average Bonchev–Trinajstić information content (AvgIpc) is 3.30. The molecule has 0 saturated heterocycles. The molecule has 3 heterocycles. The Bertz CT molecular complexity index is 1110. The summed E-state index contributed by atoms with van der Waals surface area (Å²) < 4.78 is 7.08. The SMILES string of the molecule is Cc1ccc(-c2nc3nc4c(cn3n2)C(=O)CC(c2ccco2)C4)cc1. The fourth-order valence-corrected chi connectivity index (χ4v) is 3.43. The number of hydrogen-bond donors (Lipinski definition) is 0. The van der Waals surface area contributed by atoms with Crippen LogP contribution in [0.3, 0.4) is 0 Å². The molecule has 3 aromatic heterocycles. The fraction of sp³-hybridized carbons (Fsp3) is 0.200. The van der Waals surface area contributed by atoms with E-state index in [1.165, 1.54) is 5.56 Å². The van der Waals surface area contributed by atoms with Gasteiger partial charge in [-0.1, -0.05) is 29.8 Å². The second kappa shape index (κ2) is 5.62. The van der Waals surface area contributed by atoms with E-state index in [1.807, 2.05) is 43.3 Å². The second-order valence-electron chi connectivity index (χ2n) is 6.69. The molecule has 4 aromatic rings. The molecule has 0 aliphatic heterocycles. The second-order valence-corrected chi connectivity index (χ2v) is 6.69. The van der Waals surface area contributed by atoms with Crippen molar-refractivity contribution in [2.24, 2.45) is 0 Å². The number of carbonyl (C=O) groups is 1. The van der Waals surface area contributed by atoms with E-state index in [0.29, 0.717) is 30.0 Å². The minimum absolute atomic E-state index is 0.0273. The van der Waals surface area contributed by atoms with Gasteiger partial charge in [0, 0.05) is 30.5 Å². The van der Waals surface area contributed by atoms with Crippen molar-refractivity contribution in [3.63, 3.8) is 0 Å². The van der Waals surface area contributed by atoms with Crippen molar-refractivity contribution in [3.05, 3.63) is 71.4 Å². The van der Waals surface area contributed by atoms with Gasteiger partial charge in [0.15, 0.2) is 11.6 Å². The van der Waals surface area contributed by atoms with Gasteiger partial charge in [-0.2, -0.15) is 4.98 Å². The molecule has 6 heteroatoms. The number of nitrogens with zero attached hydrogens (tertiary/aromatic N) is 4. The maximum Gasteiger partial charge on any atom is 0.252 e. The van der Waals surface area contributed by atoms with Crippen LogP contribution in [0.1, 0.15) is 39.7 Å². The third kappa shape index (κ3) is 2.42. The number of aromatic nitrogens is 4. The number of hydrogen-bond acceptors (Lipinski definition) is 5. The maximum absolute atomic E-state index is 12.6. The van der Waals surface area contributed by atoms with E-state index < -0.39 is 0 Å². The van der Waals surface area contributed by atoms with Crippen molar-refractivity contribution < 1.29 is 9.21 Å². The van der Waals surface area contributed by atoms with Crippen LogP contribution in [0.15, 0.2) is 53.3 Å². The summed E-state index contributed by atoms with van der Waals surface area (Å²) in [5.74, 6) is 2.03. The molecule has 0 spiro atoms. The van der Waals surface area contributed by atoms with Crippen molar-refractivity contribution in [2.45, 2.75) is 25.7 Å². The molecule has 26 heavy (non-hydrogen) atoms. The van der Waals surface area contributed by atoms with Crippen LogP contribution in [0.25, 0.3) is 17.2 Å². The van der Waals surface area contributed by atoms with Gasteiger partial charge < -0.3 is 4.42 Å². The van der Waals surface area contributed by atoms with Crippen LogP contribution in [0.4, 0.5) is 0 Å². The first-order valence-corrected chi connectivity index (χ1v) is 8.57. The first-order chi connectivity index (χ1) is 12.7. The van der Waals surface area contributed by atoms with Crippen LogP contribution in [-0.2, 0) is 6.42 Å². The number of furan rings is 1. The molecule has 5 rings (SSSR count). The Morgan fingerprint density at radius 1 is 1.12 bits per heavy atom. The highest BCUT2D eigenvalue weighted by Crippen LogP contribution is 2.32. The monoisotopic (exact) mass is 344 g/mol. The molecule has 0 radical (unpaired) electrons. The van der Waals surface area contributed by atoms with E-state index in [0.717, 1.165) is 17.0 Å². The summed E-state index contributed by atoms with van der Waals surface area (Å²) in [4.78, 5) is 21.8. The van der Waals surface area contributed by atoms with Crippen LogP contribution in [0, 0.1) is 6.92 Å². The first kappa shape index (κ1) is 15.0. The normalized spacial score (nSPS) is 16.8. The van der Waals surface area contributed by atoms with Crippen LogP contribution in [-0.4, -0.2) is 25.4 Å². The summed E-state index contributed by atoms with van der Waals surface area (Å²) in [5, 5.41) is 4.50. The third-order valence-corrected chi connectivity index (χ3v) is 4.84. The number of Topliss-reactive ketones (excluding diaryl/α,β-unsaturated/α-hetero) is 1. The van der Waals surface area contributed by atoms with Crippen molar-refractivity contribution in [1.29, 1.82) is 0 Å². The van der Waals surface area contributed by atoms with Crippen molar-refractivity contribution >= 4 is 11.6 Å². The highest BCUT2D eigenvalue weighted by molar-refractivity contribution is 5.98. The lowest BCUT2D eigenvalue weighted by Gasteiger charge is -2.20. The molecule has 1 unspecified atom stereocenters. The highest BCUT2D eigenvalue weighted by Gasteiger charge is 2.30. The van der Waals surface area contributed by atoms with Gasteiger partial charge in [0.1, 0.15) is 5.76 Å². The summed E-state index contributed by atoms with van der Waals surface area (Å²) in [6.07, 6.45) is 4.48. The average molecular weight is 344 g/mol. The van der Waals surface area contributed by atoms with Gasteiger partial charge in [-0.25, -0.2) is 9.50 Å². The maximum atomic E-state index is 12.6. The van der Waals surface area contributed by atoms with E-state index in [9.17, 15) is 4.79 Å². The summed E-state index contributed by atoms with van der Waals surface area (Å²) in [7, 11) is 0. The Labute approximate surface area is 149 Å². The van der Waals surface area contributed by atoms with Gasteiger partial charge in [0.05, 0.1) is 17.5 Å². The summed E-state index contributed by atoms with van der Waals surface area (Å²) in [6, 6.07) is 11.8. The number of fused-ring (bicyclic) bond motifs is 2. The Morgan fingerprint density at radius 2 is 1.96 bits per heavy atom. The lowest BCUT2D eigenvalue weighted by Crippen LogP contribution is -2.21. The van der Waals surface area contributed by atoms with Crippen LogP contribution < -0.4 is 0 Å². The largest absolute Gasteiger partial charge is 0.469 e. The molecular weight excluding hydrogens is 328 g/mol. The summed E-state index contributed by atoms with van der Waals surface area (Å²) in [6.45, 7) is 2.04. The Kier molecular flexibility index (Phi) is 3.25. The van der Waals surface area contributed by atoms with E-state index in [4.69, 9.17) is 4.42 Å². The molecule has 0 fully saturated rings. The first-order valence-electron chi connectivity index (χ1n) is 8.57. The third-order valence-electron chi connectivity index (χ3n) is 4.84. The van der Waals surface area contributed by atoms with Crippen LogP contribution in [0.2, 0.25) is 0 Å². The molecule has 1 aliphatic rings. The number of carbonyl (C=O) groups excluding carboxylic acids is 1. The van der Waals surface area contributed by atoms with Gasteiger partial charge in [0.25, 0.3) is 5.78 Å². The van der Waals surface area contributed by atoms with Gasteiger partial charge in [-0.3, -0.25) is 4.79 Å². The molecule has 0 amide bonds. The van der Waals surface area contributed by atoms with Crippen LogP contribution in [0.5, 0.6) is 0 Å². The predicted molar refractivity (Wildman–Crippen MR) is 95.1 cm³/mol. The summed E-state index contributed by atoms with van der Waals surface area (Å²) >= 11 is 0. The molecule has 1 atom stereocenters. The van der Waals surface area contributed by atoms with Gasteiger partial charge in [0.2, 0.25) is 0 Å². The number of ketones is 1. The van der Waals surface area contributed by atoms with E-state index in [1.54, 1.807) is 17.0 Å². The molecule has 0 saturated carbocycles. The van der Waals surface area contributed by atoms with Crippen molar-refractivity contribution in [1.82, 2.24) is 19.6 Å². The lowest BCUT2D eigenvalue weighted by atomic mass is 9.85. The van der Waals surface area contributed by atoms with Crippen molar-refractivity contribution in [3.8, 4) is 11.4 Å². The molecule has 1 aromatic carbocycles. The van der Waals surface area contributed by atoms with Gasteiger partial charge >= 0.3 is 0 Å². The number of rotatable bonds is 2. The molecule has 1 aliphatic carbocycles. The van der Waals surface area contributed by atoms with Crippen LogP contribution >= 0.6 is 0 Å². The molecule has 0 N–H and O–H groups in total. The standard InChI is InChI=1S/C20H16N4O2/c1-12-4-6-13(7-5-12)19-22-20-21-16-9-14(18-3-2-8-26-18)10-17(25)15(16)11-24(20)23-19/h2-8,11,14H,9-10H2,1H3. The predicted octanol–water partition coefficient (Wildman–Crippen LogP) is 3.61.